The van der Waals surface area contributed by atoms with Gasteiger partial charge in [0, 0.05) is 18.5 Å². The molecule has 0 radical (unpaired) electrons. The molecule has 2 rings (SSSR count). The largest absolute Gasteiger partial charge is 0.408 e. The van der Waals surface area contributed by atoms with Crippen LogP contribution in [0.25, 0.3) is 0 Å². The zero-order chi connectivity index (χ0) is 10.7. The Bertz CT molecular complexity index is 455. The number of anilines is 1. The standard InChI is InChI=1S/C10H10ClN3O/c1-7-13-14-10(15-7)12-6-8-4-2-3-5-9(8)11/h2-5H,6H2,1H3,(H,12,14). The molecule has 0 aliphatic rings. The molecule has 0 atom stereocenters. The molecule has 0 saturated heterocycles. The first kappa shape index (κ1) is 9.98. The van der Waals surface area contributed by atoms with E-state index in [1.165, 1.54) is 0 Å². The minimum atomic E-state index is 0.410. The SMILES string of the molecule is Cc1nnc(NCc2ccccc2Cl)o1. The lowest BCUT2D eigenvalue weighted by molar-refractivity contribution is 0.530. The van der Waals surface area contributed by atoms with Gasteiger partial charge in [-0.05, 0) is 11.6 Å². The van der Waals surface area contributed by atoms with E-state index in [0.29, 0.717) is 18.5 Å². The first-order valence-electron chi connectivity index (χ1n) is 4.53. The summed E-state index contributed by atoms with van der Waals surface area (Å²) in [6, 6.07) is 8.02. The normalized spacial score (nSPS) is 10.3. The van der Waals surface area contributed by atoms with Crippen molar-refractivity contribution in [3.63, 3.8) is 0 Å². The highest BCUT2D eigenvalue weighted by Gasteiger charge is 2.02. The molecular weight excluding hydrogens is 214 g/mol. The fourth-order valence-corrected chi connectivity index (χ4v) is 1.38. The van der Waals surface area contributed by atoms with Gasteiger partial charge in [-0.1, -0.05) is 34.9 Å². The van der Waals surface area contributed by atoms with Crippen LogP contribution in [0.15, 0.2) is 28.7 Å². The minimum Gasteiger partial charge on any atom is -0.408 e. The van der Waals surface area contributed by atoms with Crippen LogP contribution < -0.4 is 5.32 Å². The lowest BCUT2D eigenvalue weighted by atomic mass is 10.2. The number of aromatic nitrogens is 2. The molecule has 1 heterocycles. The van der Waals surface area contributed by atoms with Gasteiger partial charge in [0.05, 0.1) is 0 Å². The van der Waals surface area contributed by atoms with E-state index in [-0.39, 0.29) is 0 Å². The molecule has 2 aromatic rings. The molecule has 15 heavy (non-hydrogen) atoms. The van der Waals surface area contributed by atoms with Crippen LogP contribution in [0.5, 0.6) is 0 Å². The third kappa shape index (κ3) is 2.47. The van der Waals surface area contributed by atoms with E-state index in [9.17, 15) is 0 Å². The molecule has 1 N–H and O–H groups in total. The Morgan fingerprint density at radius 3 is 2.80 bits per heavy atom. The summed E-state index contributed by atoms with van der Waals surface area (Å²) in [6.07, 6.45) is 0. The fraction of sp³-hybridized carbons (Fsp3) is 0.200. The van der Waals surface area contributed by atoms with Crippen molar-refractivity contribution in [3.8, 4) is 0 Å². The second-order valence-electron chi connectivity index (χ2n) is 3.07. The highest BCUT2D eigenvalue weighted by molar-refractivity contribution is 6.31. The zero-order valence-electron chi connectivity index (χ0n) is 8.20. The van der Waals surface area contributed by atoms with Gasteiger partial charge in [-0.15, -0.1) is 5.10 Å². The molecule has 78 valence electrons. The van der Waals surface area contributed by atoms with Gasteiger partial charge in [0.1, 0.15) is 0 Å². The monoisotopic (exact) mass is 223 g/mol. The Kier molecular flexibility index (Phi) is 2.87. The Hall–Kier alpha value is -1.55. The second-order valence-corrected chi connectivity index (χ2v) is 3.48. The first-order chi connectivity index (χ1) is 7.25. The van der Waals surface area contributed by atoms with Crippen LogP contribution in [0, 0.1) is 6.92 Å². The number of hydrogen-bond donors (Lipinski definition) is 1. The molecule has 5 heteroatoms. The molecule has 0 bridgehead atoms. The molecule has 0 unspecified atom stereocenters. The summed E-state index contributed by atoms with van der Waals surface area (Å²) in [7, 11) is 0. The average Bonchev–Trinajstić information content (AvgIpc) is 2.63. The summed E-state index contributed by atoms with van der Waals surface area (Å²) in [5.41, 5.74) is 0.995. The van der Waals surface area contributed by atoms with Crippen LogP contribution in [0.2, 0.25) is 5.02 Å². The van der Waals surface area contributed by atoms with Crippen LogP contribution in [0.3, 0.4) is 0 Å². The van der Waals surface area contributed by atoms with Crippen LogP contribution in [0.1, 0.15) is 11.5 Å². The van der Waals surface area contributed by atoms with E-state index >= 15 is 0 Å². The van der Waals surface area contributed by atoms with Gasteiger partial charge in [0.2, 0.25) is 5.89 Å². The van der Waals surface area contributed by atoms with Crippen molar-refractivity contribution < 1.29 is 4.42 Å². The van der Waals surface area contributed by atoms with Crippen molar-refractivity contribution in [2.24, 2.45) is 0 Å². The molecule has 0 saturated carbocycles. The van der Waals surface area contributed by atoms with E-state index in [1.807, 2.05) is 24.3 Å². The third-order valence-corrected chi connectivity index (χ3v) is 2.28. The predicted molar refractivity (Wildman–Crippen MR) is 57.8 cm³/mol. The number of aryl methyl sites for hydroxylation is 1. The van der Waals surface area contributed by atoms with Gasteiger partial charge < -0.3 is 9.73 Å². The van der Waals surface area contributed by atoms with Gasteiger partial charge in [-0.2, -0.15) is 0 Å². The van der Waals surface area contributed by atoms with Gasteiger partial charge in [-0.25, -0.2) is 0 Å². The van der Waals surface area contributed by atoms with E-state index in [4.69, 9.17) is 16.0 Å². The van der Waals surface area contributed by atoms with E-state index in [0.717, 1.165) is 10.6 Å². The lowest BCUT2D eigenvalue weighted by Gasteiger charge is -2.03. The number of rotatable bonds is 3. The van der Waals surface area contributed by atoms with E-state index < -0.39 is 0 Å². The number of nitrogens with one attached hydrogen (secondary N) is 1. The van der Waals surface area contributed by atoms with Gasteiger partial charge in [0.25, 0.3) is 0 Å². The summed E-state index contributed by atoms with van der Waals surface area (Å²) in [5, 5.41) is 11.3. The van der Waals surface area contributed by atoms with Crippen LogP contribution >= 0.6 is 11.6 Å². The maximum atomic E-state index is 5.99. The molecular formula is C10H10ClN3O. The second kappa shape index (κ2) is 4.31. The molecule has 1 aromatic carbocycles. The summed E-state index contributed by atoms with van der Waals surface area (Å²) >= 11 is 5.99. The third-order valence-electron chi connectivity index (χ3n) is 1.91. The lowest BCUT2D eigenvalue weighted by Crippen LogP contribution is -1.99. The van der Waals surface area contributed by atoms with E-state index in [2.05, 4.69) is 15.5 Å². The summed E-state index contributed by atoms with van der Waals surface area (Å²) < 4.78 is 5.17. The van der Waals surface area contributed by atoms with Crippen molar-refractivity contribution in [1.29, 1.82) is 0 Å². The molecule has 4 nitrogen and oxygen atoms in total. The number of halogens is 1. The smallest absolute Gasteiger partial charge is 0.315 e. The Balaban J connectivity index is 2.02. The predicted octanol–water partition coefficient (Wildman–Crippen LogP) is 2.64. The average molecular weight is 224 g/mol. The topological polar surface area (TPSA) is 51.0 Å². The molecule has 0 fully saturated rings. The van der Waals surface area contributed by atoms with Crippen molar-refractivity contribution >= 4 is 17.6 Å². The van der Waals surface area contributed by atoms with Crippen LogP contribution in [-0.2, 0) is 6.54 Å². The molecule has 0 amide bonds. The quantitative estimate of drug-likeness (QED) is 0.869. The molecule has 1 aromatic heterocycles. The van der Waals surface area contributed by atoms with Crippen LogP contribution in [-0.4, -0.2) is 10.2 Å². The first-order valence-corrected chi connectivity index (χ1v) is 4.91. The molecule has 0 aliphatic carbocycles. The van der Waals surface area contributed by atoms with E-state index in [1.54, 1.807) is 6.92 Å². The molecule has 0 aliphatic heterocycles. The number of benzene rings is 1. The van der Waals surface area contributed by atoms with Gasteiger partial charge >= 0.3 is 6.01 Å². The maximum absolute atomic E-state index is 5.99. The fourth-order valence-electron chi connectivity index (χ4n) is 1.18. The highest BCUT2D eigenvalue weighted by Crippen LogP contribution is 2.16. The molecule has 0 spiro atoms. The van der Waals surface area contributed by atoms with Crippen molar-refractivity contribution in [2.45, 2.75) is 13.5 Å². The summed E-state index contributed by atoms with van der Waals surface area (Å²) in [4.78, 5) is 0. The Morgan fingerprint density at radius 1 is 1.33 bits per heavy atom. The van der Waals surface area contributed by atoms with Crippen molar-refractivity contribution in [2.75, 3.05) is 5.32 Å². The number of nitrogens with zero attached hydrogens (tertiary/aromatic N) is 2. The van der Waals surface area contributed by atoms with Crippen molar-refractivity contribution in [3.05, 3.63) is 40.7 Å². The Labute approximate surface area is 92.3 Å². The Morgan fingerprint density at radius 2 is 2.13 bits per heavy atom. The zero-order valence-corrected chi connectivity index (χ0v) is 8.95. The number of hydrogen-bond acceptors (Lipinski definition) is 4. The van der Waals surface area contributed by atoms with Crippen LogP contribution in [0.4, 0.5) is 6.01 Å². The van der Waals surface area contributed by atoms with Gasteiger partial charge in [-0.3, -0.25) is 0 Å². The summed E-state index contributed by atoms with van der Waals surface area (Å²) in [5.74, 6) is 0.539. The maximum Gasteiger partial charge on any atom is 0.315 e. The van der Waals surface area contributed by atoms with Crippen molar-refractivity contribution in [1.82, 2.24) is 10.2 Å². The highest BCUT2D eigenvalue weighted by atomic mass is 35.5. The summed E-state index contributed by atoms with van der Waals surface area (Å²) in [6.45, 7) is 2.31. The van der Waals surface area contributed by atoms with Gasteiger partial charge in [0.15, 0.2) is 0 Å². The minimum absolute atomic E-state index is 0.410.